The highest BCUT2D eigenvalue weighted by atomic mass is 14.5. The van der Waals surface area contributed by atoms with E-state index in [4.69, 9.17) is 0 Å². The van der Waals surface area contributed by atoms with Crippen LogP contribution in [-0.4, -0.2) is 0 Å². The van der Waals surface area contributed by atoms with Crippen LogP contribution in [0, 0.1) is 0 Å². The van der Waals surface area contributed by atoms with Crippen molar-refractivity contribution in [3.8, 4) is 22.3 Å². The Hall–Kier alpha value is -5.72. The second-order valence-corrected chi connectivity index (χ2v) is 15.1. The van der Waals surface area contributed by atoms with Gasteiger partial charge in [0.2, 0.25) is 0 Å². The minimum atomic E-state index is -0.163. The molecule has 0 saturated heterocycles. The summed E-state index contributed by atoms with van der Waals surface area (Å²) in [5.74, 6) is 0.331. The molecule has 0 heteroatoms. The van der Waals surface area contributed by atoms with Crippen LogP contribution in [-0.2, 0) is 11.8 Å². The minimum Gasteiger partial charge on any atom is -0.0985 e. The molecule has 53 heavy (non-hydrogen) atoms. The van der Waals surface area contributed by atoms with Crippen molar-refractivity contribution in [1.82, 2.24) is 0 Å². The number of hydrogen-bond donors (Lipinski definition) is 0. The normalized spacial score (nSPS) is 15.5. The van der Waals surface area contributed by atoms with Crippen LogP contribution in [0.4, 0.5) is 0 Å². The lowest BCUT2D eigenvalue weighted by molar-refractivity contribution is 0.355. The average Bonchev–Trinajstić information content (AvgIpc) is 3.50. The van der Waals surface area contributed by atoms with E-state index in [2.05, 4.69) is 166 Å². The fourth-order valence-electron chi connectivity index (χ4n) is 9.78. The number of rotatable bonds is 12. The first kappa shape index (κ1) is 33.1. The molecule has 8 aromatic rings. The van der Waals surface area contributed by atoms with Crippen LogP contribution < -0.4 is 0 Å². The second kappa shape index (κ2) is 13.7. The first-order valence-corrected chi connectivity index (χ1v) is 19.5. The van der Waals surface area contributed by atoms with E-state index in [1.54, 1.807) is 0 Å². The summed E-state index contributed by atoms with van der Waals surface area (Å²) in [6, 6.07) is 55.6. The molecule has 0 radical (unpaired) electrons. The molecular weight excluding hydrogens is 637 g/mol. The van der Waals surface area contributed by atoms with Gasteiger partial charge in [0.25, 0.3) is 0 Å². The van der Waals surface area contributed by atoms with E-state index in [0.717, 1.165) is 38.5 Å². The molecule has 0 heterocycles. The van der Waals surface area contributed by atoms with Gasteiger partial charge in [-0.05, 0) is 126 Å². The predicted octanol–water partition coefficient (Wildman–Crippen LogP) is 14.8. The molecule has 0 nitrogen and oxygen atoms in total. The zero-order valence-corrected chi connectivity index (χ0v) is 30.7. The molecule has 0 spiro atoms. The van der Waals surface area contributed by atoms with Crippen LogP contribution in [0.3, 0.4) is 0 Å². The zero-order valence-electron chi connectivity index (χ0n) is 30.7. The monoisotopic (exact) mass is 682 g/mol. The van der Waals surface area contributed by atoms with Crippen molar-refractivity contribution in [3.05, 3.63) is 192 Å². The quantitative estimate of drug-likeness (QED) is 0.0889. The SMILES string of the molecule is C=Cc1ccc(CCCCC2(C(CCC)c3ccc(C=C)cc3)c3ccccc3-c3ccc(-c4ccc5ccc6cccc7ccc4c5c67)cc32)cc1. The van der Waals surface area contributed by atoms with Crippen LogP contribution in [0.15, 0.2) is 159 Å². The molecule has 2 unspecified atom stereocenters. The molecule has 0 aliphatic heterocycles. The fourth-order valence-corrected chi connectivity index (χ4v) is 9.78. The van der Waals surface area contributed by atoms with E-state index in [1.807, 2.05) is 12.2 Å². The molecule has 0 fully saturated rings. The maximum absolute atomic E-state index is 4.06. The molecule has 8 aromatic carbocycles. The summed E-state index contributed by atoms with van der Waals surface area (Å²) in [5.41, 5.74) is 13.4. The summed E-state index contributed by atoms with van der Waals surface area (Å²) in [7, 11) is 0. The van der Waals surface area contributed by atoms with Crippen LogP contribution in [0.25, 0.3) is 66.7 Å². The van der Waals surface area contributed by atoms with Crippen molar-refractivity contribution in [2.24, 2.45) is 0 Å². The van der Waals surface area contributed by atoms with Gasteiger partial charge < -0.3 is 0 Å². The Labute approximate surface area is 314 Å². The molecule has 258 valence electrons. The van der Waals surface area contributed by atoms with Crippen LogP contribution in [0.2, 0.25) is 0 Å². The second-order valence-electron chi connectivity index (χ2n) is 15.1. The highest BCUT2D eigenvalue weighted by Crippen LogP contribution is 2.60. The van der Waals surface area contributed by atoms with Gasteiger partial charge in [-0.1, -0.05) is 185 Å². The Morgan fingerprint density at radius 3 is 1.94 bits per heavy atom. The van der Waals surface area contributed by atoms with Gasteiger partial charge in [-0.3, -0.25) is 0 Å². The Bertz CT molecular complexity index is 2590. The summed E-state index contributed by atoms with van der Waals surface area (Å²) < 4.78 is 0. The van der Waals surface area contributed by atoms with E-state index in [-0.39, 0.29) is 5.41 Å². The van der Waals surface area contributed by atoms with Crippen molar-refractivity contribution in [1.29, 1.82) is 0 Å². The first-order chi connectivity index (χ1) is 26.1. The summed E-state index contributed by atoms with van der Waals surface area (Å²) in [5, 5.41) is 8.00. The molecule has 9 rings (SSSR count). The van der Waals surface area contributed by atoms with E-state index in [0.29, 0.717) is 5.92 Å². The Morgan fingerprint density at radius 2 is 1.21 bits per heavy atom. The lowest BCUT2D eigenvalue weighted by atomic mass is 9.61. The van der Waals surface area contributed by atoms with Gasteiger partial charge in [0.1, 0.15) is 0 Å². The van der Waals surface area contributed by atoms with Gasteiger partial charge in [-0.25, -0.2) is 0 Å². The van der Waals surface area contributed by atoms with Gasteiger partial charge in [0, 0.05) is 5.41 Å². The van der Waals surface area contributed by atoms with Gasteiger partial charge in [-0.2, -0.15) is 0 Å². The van der Waals surface area contributed by atoms with Crippen LogP contribution in [0.1, 0.15) is 78.3 Å². The van der Waals surface area contributed by atoms with E-state index in [9.17, 15) is 0 Å². The van der Waals surface area contributed by atoms with Crippen molar-refractivity contribution in [2.45, 2.75) is 56.8 Å². The van der Waals surface area contributed by atoms with Gasteiger partial charge in [0.05, 0.1) is 0 Å². The van der Waals surface area contributed by atoms with E-state index >= 15 is 0 Å². The molecule has 0 bridgehead atoms. The maximum atomic E-state index is 4.06. The summed E-state index contributed by atoms with van der Waals surface area (Å²) in [6.45, 7) is 10.4. The largest absolute Gasteiger partial charge is 0.0985 e. The van der Waals surface area contributed by atoms with Crippen molar-refractivity contribution in [3.63, 3.8) is 0 Å². The fraction of sp³-hybridized carbons (Fsp3) is 0.170. The molecule has 0 N–H and O–H groups in total. The molecule has 0 aromatic heterocycles. The summed E-state index contributed by atoms with van der Waals surface area (Å²) in [6.07, 6.45) is 10.6. The summed E-state index contributed by atoms with van der Waals surface area (Å²) >= 11 is 0. The zero-order chi connectivity index (χ0) is 35.9. The average molecular weight is 683 g/mol. The van der Waals surface area contributed by atoms with Gasteiger partial charge >= 0.3 is 0 Å². The van der Waals surface area contributed by atoms with Crippen molar-refractivity contribution in [2.75, 3.05) is 0 Å². The lowest BCUT2D eigenvalue weighted by Gasteiger charge is -2.41. The third kappa shape index (κ3) is 5.51. The van der Waals surface area contributed by atoms with Crippen LogP contribution in [0.5, 0.6) is 0 Å². The van der Waals surface area contributed by atoms with Crippen molar-refractivity contribution < 1.29 is 0 Å². The highest BCUT2D eigenvalue weighted by Gasteiger charge is 2.48. The standard InChI is InChI=1S/C53H46/c1-4-12-48(39-24-22-37(6-3)23-25-39)53(34-10-9-13-38-20-18-36(5-2)19-21-38)49-17-8-7-16-45(49)46-32-30-43(35-50(46)53)44-31-28-42-27-26-40-14-11-15-41-29-33-47(44)52(42)51(40)41/h5-8,11,14-33,35,48H,2-4,9-10,12-13,34H2,1H3. The Kier molecular flexibility index (Phi) is 8.55. The number of benzene rings is 8. The Balaban J connectivity index is 1.22. The van der Waals surface area contributed by atoms with E-state index < -0.39 is 0 Å². The molecule has 1 aliphatic carbocycles. The molecule has 1 aliphatic rings. The van der Waals surface area contributed by atoms with Crippen LogP contribution >= 0.6 is 0 Å². The van der Waals surface area contributed by atoms with Gasteiger partial charge in [0.15, 0.2) is 0 Å². The Morgan fingerprint density at radius 1 is 0.566 bits per heavy atom. The topological polar surface area (TPSA) is 0 Å². The maximum Gasteiger partial charge on any atom is 0.0283 e. The smallest absolute Gasteiger partial charge is 0.0283 e. The minimum absolute atomic E-state index is 0.163. The first-order valence-electron chi connectivity index (χ1n) is 19.5. The highest BCUT2D eigenvalue weighted by molar-refractivity contribution is 6.25. The van der Waals surface area contributed by atoms with Gasteiger partial charge in [-0.15, -0.1) is 0 Å². The third-order valence-corrected chi connectivity index (χ3v) is 12.3. The molecule has 0 amide bonds. The number of aryl methyl sites for hydroxylation is 1. The molecule has 2 atom stereocenters. The molecular formula is C53H46. The van der Waals surface area contributed by atoms with Crippen molar-refractivity contribution >= 4 is 44.5 Å². The lowest BCUT2D eigenvalue weighted by Crippen LogP contribution is -2.33. The number of fused-ring (bicyclic) bond motifs is 3. The number of unbranched alkanes of at least 4 members (excludes halogenated alkanes) is 1. The summed E-state index contributed by atoms with van der Waals surface area (Å²) in [4.78, 5) is 0. The van der Waals surface area contributed by atoms with E-state index in [1.165, 1.54) is 88.0 Å². The third-order valence-electron chi connectivity index (χ3n) is 12.3. The molecule has 0 saturated carbocycles. The number of hydrogen-bond acceptors (Lipinski definition) is 0. The predicted molar refractivity (Wildman–Crippen MR) is 230 cm³/mol.